The molecule has 18 heavy (non-hydrogen) atoms. The SMILES string of the molecule is CCC12CCC(C(=O)N3CCOCC3)(CC1)CC2. The number of carbonyl (C=O) groups excluding carboxylic acids is 1. The lowest BCUT2D eigenvalue weighted by Gasteiger charge is -2.53. The number of amides is 1. The zero-order valence-electron chi connectivity index (χ0n) is 11.5. The van der Waals surface area contributed by atoms with Gasteiger partial charge in [0.05, 0.1) is 13.2 Å². The van der Waals surface area contributed by atoms with Gasteiger partial charge in [0.2, 0.25) is 5.91 Å². The highest BCUT2D eigenvalue weighted by Crippen LogP contribution is 2.58. The Bertz CT molecular complexity index is 309. The van der Waals surface area contributed by atoms with Gasteiger partial charge in [-0.25, -0.2) is 0 Å². The Balaban J connectivity index is 1.71. The van der Waals surface area contributed by atoms with E-state index in [0.717, 1.165) is 45.6 Å². The first-order valence-electron chi connectivity index (χ1n) is 7.57. The summed E-state index contributed by atoms with van der Waals surface area (Å²) in [4.78, 5) is 14.9. The third kappa shape index (κ3) is 1.87. The summed E-state index contributed by atoms with van der Waals surface area (Å²) >= 11 is 0. The lowest BCUT2D eigenvalue weighted by atomic mass is 9.52. The van der Waals surface area contributed by atoms with Crippen molar-refractivity contribution in [2.75, 3.05) is 26.3 Å². The van der Waals surface area contributed by atoms with Gasteiger partial charge in [0, 0.05) is 18.5 Å². The number of morpholine rings is 1. The fourth-order valence-electron chi connectivity index (χ4n) is 4.22. The van der Waals surface area contributed by atoms with Crippen molar-refractivity contribution in [2.45, 2.75) is 51.9 Å². The summed E-state index contributed by atoms with van der Waals surface area (Å²) in [5.74, 6) is 0.440. The van der Waals surface area contributed by atoms with Crippen molar-refractivity contribution >= 4 is 5.91 Å². The molecule has 0 aromatic carbocycles. The maximum Gasteiger partial charge on any atom is 0.228 e. The number of hydrogen-bond donors (Lipinski definition) is 0. The number of ether oxygens (including phenoxy) is 1. The first kappa shape index (κ1) is 12.5. The maximum atomic E-state index is 12.8. The molecular weight excluding hydrogens is 226 g/mol. The van der Waals surface area contributed by atoms with Crippen LogP contribution in [-0.2, 0) is 9.53 Å². The quantitative estimate of drug-likeness (QED) is 0.755. The largest absolute Gasteiger partial charge is 0.378 e. The summed E-state index contributed by atoms with van der Waals surface area (Å²) in [6.45, 7) is 5.38. The van der Waals surface area contributed by atoms with E-state index < -0.39 is 0 Å². The van der Waals surface area contributed by atoms with Crippen molar-refractivity contribution in [1.29, 1.82) is 0 Å². The minimum atomic E-state index is 0.00819. The van der Waals surface area contributed by atoms with E-state index in [-0.39, 0.29) is 5.41 Å². The summed E-state index contributed by atoms with van der Waals surface area (Å²) in [7, 11) is 0. The van der Waals surface area contributed by atoms with Gasteiger partial charge in [-0.05, 0) is 43.9 Å². The molecule has 0 aromatic heterocycles. The molecule has 4 aliphatic rings. The third-order valence-corrected chi connectivity index (χ3v) is 5.90. The number of nitrogens with zero attached hydrogens (tertiary/aromatic N) is 1. The van der Waals surface area contributed by atoms with E-state index in [4.69, 9.17) is 4.74 Å². The van der Waals surface area contributed by atoms with E-state index in [1.807, 2.05) is 0 Å². The summed E-state index contributed by atoms with van der Waals surface area (Å²) in [6, 6.07) is 0. The van der Waals surface area contributed by atoms with Crippen LogP contribution < -0.4 is 0 Å². The van der Waals surface area contributed by atoms with Gasteiger partial charge in [-0.1, -0.05) is 13.3 Å². The van der Waals surface area contributed by atoms with Gasteiger partial charge in [-0.2, -0.15) is 0 Å². The maximum absolute atomic E-state index is 12.8. The summed E-state index contributed by atoms with van der Waals surface area (Å²) in [6.07, 6.45) is 8.54. The Morgan fingerprint density at radius 3 is 2.11 bits per heavy atom. The number of rotatable bonds is 2. The zero-order valence-corrected chi connectivity index (χ0v) is 11.5. The van der Waals surface area contributed by atoms with Gasteiger partial charge in [0.25, 0.3) is 0 Å². The summed E-state index contributed by atoms with van der Waals surface area (Å²) in [5.41, 5.74) is 0.599. The molecule has 0 aromatic rings. The monoisotopic (exact) mass is 251 g/mol. The van der Waals surface area contributed by atoms with Crippen LogP contribution >= 0.6 is 0 Å². The van der Waals surface area contributed by atoms with Crippen LogP contribution in [0.4, 0.5) is 0 Å². The van der Waals surface area contributed by atoms with Gasteiger partial charge < -0.3 is 9.64 Å². The second kappa shape index (κ2) is 4.52. The van der Waals surface area contributed by atoms with Crippen molar-refractivity contribution in [2.24, 2.45) is 10.8 Å². The second-order valence-corrected chi connectivity index (χ2v) is 6.54. The van der Waals surface area contributed by atoms with Gasteiger partial charge in [-0.15, -0.1) is 0 Å². The Hall–Kier alpha value is -0.570. The van der Waals surface area contributed by atoms with Crippen LogP contribution in [0.5, 0.6) is 0 Å². The average molecular weight is 251 g/mol. The Labute approximate surface area is 110 Å². The third-order valence-electron chi connectivity index (χ3n) is 5.90. The highest BCUT2D eigenvalue weighted by Gasteiger charge is 2.52. The van der Waals surface area contributed by atoms with E-state index in [1.165, 1.54) is 25.7 Å². The van der Waals surface area contributed by atoms with Crippen LogP contribution in [0.25, 0.3) is 0 Å². The first-order valence-corrected chi connectivity index (χ1v) is 7.57. The molecule has 4 fully saturated rings. The van der Waals surface area contributed by atoms with Gasteiger partial charge in [-0.3, -0.25) is 4.79 Å². The molecule has 1 heterocycles. The molecule has 4 rings (SSSR count). The summed E-state index contributed by atoms with van der Waals surface area (Å²) in [5, 5.41) is 0. The molecule has 3 nitrogen and oxygen atoms in total. The predicted molar refractivity (Wildman–Crippen MR) is 70.3 cm³/mol. The fourth-order valence-corrected chi connectivity index (χ4v) is 4.22. The van der Waals surface area contributed by atoms with Crippen molar-refractivity contribution < 1.29 is 9.53 Å². The Kier molecular flexibility index (Phi) is 3.13. The molecule has 0 N–H and O–H groups in total. The molecule has 0 spiro atoms. The zero-order chi connectivity index (χ0) is 12.6. The highest BCUT2D eigenvalue weighted by atomic mass is 16.5. The molecular formula is C15H25NO2. The molecule has 0 atom stereocenters. The molecule has 0 radical (unpaired) electrons. The second-order valence-electron chi connectivity index (χ2n) is 6.54. The van der Waals surface area contributed by atoms with Crippen LogP contribution in [-0.4, -0.2) is 37.1 Å². The Morgan fingerprint density at radius 1 is 1.06 bits per heavy atom. The molecule has 1 amide bonds. The van der Waals surface area contributed by atoms with Crippen molar-refractivity contribution in [1.82, 2.24) is 4.90 Å². The lowest BCUT2D eigenvalue weighted by Crippen LogP contribution is -2.53. The molecule has 1 aliphatic heterocycles. The molecule has 3 saturated carbocycles. The molecule has 3 aliphatic carbocycles. The Morgan fingerprint density at radius 2 is 1.61 bits per heavy atom. The van der Waals surface area contributed by atoms with Crippen molar-refractivity contribution in [3.63, 3.8) is 0 Å². The molecule has 1 saturated heterocycles. The standard InChI is InChI=1S/C15H25NO2/c1-2-14-3-6-15(7-4-14,8-5-14)13(17)16-9-11-18-12-10-16/h2-12H2,1H3. The summed E-state index contributed by atoms with van der Waals surface area (Å²) < 4.78 is 5.35. The van der Waals surface area contributed by atoms with Crippen LogP contribution in [0.2, 0.25) is 0 Å². The van der Waals surface area contributed by atoms with Crippen molar-refractivity contribution in [3.8, 4) is 0 Å². The van der Waals surface area contributed by atoms with Crippen LogP contribution in [0.1, 0.15) is 51.9 Å². The number of hydrogen-bond acceptors (Lipinski definition) is 2. The fraction of sp³-hybridized carbons (Fsp3) is 0.933. The smallest absolute Gasteiger partial charge is 0.228 e. The predicted octanol–water partition coefficient (Wildman–Crippen LogP) is 2.60. The topological polar surface area (TPSA) is 29.5 Å². The average Bonchev–Trinajstić information content (AvgIpc) is 2.49. The van der Waals surface area contributed by atoms with E-state index >= 15 is 0 Å². The molecule has 0 unspecified atom stereocenters. The van der Waals surface area contributed by atoms with E-state index in [9.17, 15) is 4.79 Å². The van der Waals surface area contributed by atoms with Gasteiger partial charge in [0.15, 0.2) is 0 Å². The van der Waals surface area contributed by atoms with Crippen LogP contribution in [0.15, 0.2) is 0 Å². The van der Waals surface area contributed by atoms with E-state index in [2.05, 4.69) is 11.8 Å². The normalized spacial score (nSPS) is 39.9. The minimum Gasteiger partial charge on any atom is -0.378 e. The van der Waals surface area contributed by atoms with E-state index in [1.54, 1.807) is 0 Å². The van der Waals surface area contributed by atoms with Crippen LogP contribution in [0, 0.1) is 10.8 Å². The number of carbonyl (C=O) groups is 1. The highest BCUT2D eigenvalue weighted by molar-refractivity contribution is 5.83. The first-order chi connectivity index (χ1) is 8.70. The lowest BCUT2D eigenvalue weighted by molar-refractivity contribution is -0.156. The number of fused-ring (bicyclic) bond motifs is 3. The molecule has 2 bridgehead atoms. The van der Waals surface area contributed by atoms with Crippen LogP contribution in [0.3, 0.4) is 0 Å². The molecule has 102 valence electrons. The van der Waals surface area contributed by atoms with Crippen molar-refractivity contribution in [3.05, 3.63) is 0 Å². The van der Waals surface area contributed by atoms with Gasteiger partial charge in [0.1, 0.15) is 0 Å². The van der Waals surface area contributed by atoms with Gasteiger partial charge >= 0.3 is 0 Å². The van der Waals surface area contributed by atoms with E-state index in [0.29, 0.717) is 11.3 Å². The molecule has 3 heteroatoms. The minimum absolute atomic E-state index is 0.00819.